The predicted molar refractivity (Wildman–Crippen MR) is 130 cm³/mol. The number of nitrogens with one attached hydrogen (secondary N) is 1. The molecule has 1 N–H and O–H groups in total. The number of aromatic nitrogens is 3. The second-order valence-electron chi connectivity index (χ2n) is 8.00. The molecule has 0 aliphatic heterocycles. The first-order chi connectivity index (χ1) is 15.9. The van der Waals surface area contributed by atoms with Gasteiger partial charge in [0.05, 0.1) is 31.3 Å². The average Bonchev–Trinajstić information content (AvgIpc) is 3.15. The van der Waals surface area contributed by atoms with Gasteiger partial charge in [-0.05, 0) is 57.0 Å². The SMILES string of the molecule is COc1ccccc1NC(=O)CCc1c(OC)nc2c(c(C)nn2-c2ccc(C)cc2)c1C. The maximum atomic E-state index is 12.7. The molecule has 0 aliphatic rings. The van der Waals surface area contributed by atoms with E-state index in [0.29, 0.717) is 23.7 Å². The van der Waals surface area contributed by atoms with Crippen molar-refractivity contribution in [1.82, 2.24) is 14.8 Å². The number of benzene rings is 2. The Morgan fingerprint density at radius 3 is 2.42 bits per heavy atom. The summed E-state index contributed by atoms with van der Waals surface area (Å²) in [5.41, 5.74) is 6.34. The molecule has 7 heteroatoms. The van der Waals surface area contributed by atoms with Gasteiger partial charge in [0.2, 0.25) is 11.8 Å². The van der Waals surface area contributed by atoms with Gasteiger partial charge in [0.15, 0.2) is 5.65 Å². The Morgan fingerprint density at radius 2 is 1.73 bits per heavy atom. The molecular weight excluding hydrogens is 416 g/mol. The quantitative estimate of drug-likeness (QED) is 0.437. The van der Waals surface area contributed by atoms with Gasteiger partial charge < -0.3 is 14.8 Å². The number of rotatable bonds is 7. The van der Waals surface area contributed by atoms with Gasteiger partial charge in [0, 0.05) is 17.4 Å². The van der Waals surface area contributed by atoms with Crippen LogP contribution in [0.4, 0.5) is 5.69 Å². The molecule has 2 heterocycles. The van der Waals surface area contributed by atoms with Gasteiger partial charge in [-0.15, -0.1) is 0 Å². The number of nitrogens with zero attached hydrogens (tertiary/aromatic N) is 3. The number of pyridine rings is 1. The molecule has 33 heavy (non-hydrogen) atoms. The molecule has 170 valence electrons. The van der Waals surface area contributed by atoms with Gasteiger partial charge in [0.1, 0.15) is 5.75 Å². The van der Waals surface area contributed by atoms with E-state index in [1.54, 1.807) is 14.2 Å². The molecule has 0 saturated carbocycles. The molecule has 0 fully saturated rings. The molecule has 0 spiro atoms. The van der Waals surface area contributed by atoms with E-state index in [1.165, 1.54) is 5.56 Å². The molecule has 7 nitrogen and oxygen atoms in total. The molecule has 0 saturated heterocycles. The van der Waals surface area contributed by atoms with Gasteiger partial charge in [-0.25, -0.2) is 4.68 Å². The molecule has 0 atom stereocenters. The van der Waals surface area contributed by atoms with Gasteiger partial charge in [-0.1, -0.05) is 29.8 Å². The molecule has 1 amide bonds. The Hall–Kier alpha value is -3.87. The highest BCUT2D eigenvalue weighted by molar-refractivity contribution is 5.92. The molecule has 0 radical (unpaired) electrons. The number of hydrogen-bond donors (Lipinski definition) is 1. The number of para-hydroxylation sites is 2. The Labute approximate surface area is 193 Å². The van der Waals surface area contributed by atoms with Gasteiger partial charge in [0.25, 0.3) is 0 Å². The number of aryl methyl sites for hydroxylation is 3. The number of methoxy groups -OCH3 is 2. The van der Waals surface area contributed by atoms with Crippen LogP contribution in [0.25, 0.3) is 16.7 Å². The fraction of sp³-hybridized carbons (Fsp3) is 0.269. The third kappa shape index (κ3) is 4.39. The van der Waals surface area contributed by atoms with Crippen LogP contribution in [-0.4, -0.2) is 34.9 Å². The molecule has 2 aromatic carbocycles. The highest BCUT2D eigenvalue weighted by Crippen LogP contribution is 2.32. The lowest BCUT2D eigenvalue weighted by Crippen LogP contribution is -2.14. The number of amides is 1. The summed E-state index contributed by atoms with van der Waals surface area (Å²) in [6.07, 6.45) is 0.779. The van der Waals surface area contributed by atoms with Crippen LogP contribution >= 0.6 is 0 Å². The second-order valence-corrected chi connectivity index (χ2v) is 8.00. The number of carbonyl (C=O) groups is 1. The van der Waals surface area contributed by atoms with Gasteiger partial charge >= 0.3 is 0 Å². The third-order valence-electron chi connectivity index (χ3n) is 5.78. The van der Waals surface area contributed by atoms with Crippen LogP contribution in [0, 0.1) is 20.8 Å². The number of anilines is 1. The molecule has 2 aromatic heterocycles. The van der Waals surface area contributed by atoms with Crippen LogP contribution in [0.5, 0.6) is 11.6 Å². The van der Waals surface area contributed by atoms with Crippen LogP contribution in [0.3, 0.4) is 0 Å². The Morgan fingerprint density at radius 1 is 1.00 bits per heavy atom. The standard InChI is InChI=1S/C26H28N4O3/c1-16-10-12-19(13-11-16)30-25-24(18(3)29-30)17(2)20(26(28-25)33-5)14-15-23(31)27-21-8-6-7-9-22(21)32-4/h6-13H,14-15H2,1-5H3,(H,27,31). The Bertz CT molecular complexity index is 1310. The number of fused-ring (bicyclic) bond motifs is 1. The van der Waals surface area contributed by atoms with Crippen molar-refractivity contribution in [3.8, 4) is 17.3 Å². The van der Waals surface area contributed by atoms with Crippen molar-refractivity contribution in [2.75, 3.05) is 19.5 Å². The molecule has 4 rings (SSSR count). The maximum absolute atomic E-state index is 12.7. The highest BCUT2D eigenvalue weighted by atomic mass is 16.5. The van der Waals surface area contributed by atoms with Crippen LogP contribution in [0.1, 0.15) is 28.8 Å². The molecule has 4 aromatic rings. The van der Waals surface area contributed by atoms with Crippen molar-refractivity contribution >= 4 is 22.6 Å². The molecule has 0 aliphatic carbocycles. The summed E-state index contributed by atoms with van der Waals surface area (Å²) in [5, 5.41) is 8.65. The van der Waals surface area contributed by atoms with Crippen molar-refractivity contribution in [1.29, 1.82) is 0 Å². The van der Waals surface area contributed by atoms with E-state index in [0.717, 1.165) is 33.5 Å². The van der Waals surface area contributed by atoms with E-state index < -0.39 is 0 Å². The third-order valence-corrected chi connectivity index (χ3v) is 5.78. The minimum Gasteiger partial charge on any atom is -0.495 e. The van der Waals surface area contributed by atoms with E-state index in [1.807, 2.05) is 54.9 Å². The number of ether oxygens (including phenoxy) is 2. The normalized spacial score (nSPS) is 10.9. The monoisotopic (exact) mass is 444 g/mol. The number of hydrogen-bond acceptors (Lipinski definition) is 5. The predicted octanol–water partition coefficient (Wildman–Crippen LogP) is 4.93. The van der Waals surface area contributed by atoms with E-state index in [9.17, 15) is 4.79 Å². The van der Waals surface area contributed by atoms with E-state index in [-0.39, 0.29) is 12.3 Å². The zero-order valence-corrected chi connectivity index (χ0v) is 19.6. The average molecular weight is 445 g/mol. The first-order valence-corrected chi connectivity index (χ1v) is 10.9. The first kappa shape index (κ1) is 22.3. The summed E-state index contributed by atoms with van der Waals surface area (Å²) < 4.78 is 12.8. The summed E-state index contributed by atoms with van der Waals surface area (Å²) in [6, 6.07) is 15.5. The Balaban J connectivity index is 1.64. The first-order valence-electron chi connectivity index (χ1n) is 10.9. The van der Waals surface area contributed by atoms with Crippen molar-refractivity contribution in [3.63, 3.8) is 0 Å². The lowest BCUT2D eigenvalue weighted by Gasteiger charge is -2.14. The van der Waals surface area contributed by atoms with Crippen LogP contribution < -0.4 is 14.8 Å². The van der Waals surface area contributed by atoms with Crippen molar-refractivity contribution in [2.45, 2.75) is 33.6 Å². The van der Waals surface area contributed by atoms with Gasteiger partial charge in [-0.3, -0.25) is 4.79 Å². The van der Waals surface area contributed by atoms with Crippen LogP contribution in [0.15, 0.2) is 48.5 Å². The summed E-state index contributed by atoms with van der Waals surface area (Å²) in [4.78, 5) is 17.5. The molecule has 0 unspecified atom stereocenters. The van der Waals surface area contributed by atoms with Crippen LogP contribution in [-0.2, 0) is 11.2 Å². The lowest BCUT2D eigenvalue weighted by atomic mass is 10.0. The summed E-state index contributed by atoms with van der Waals surface area (Å²) >= 11 is 0. The van der Waals surface area contributed by atoms with Crippen molar-refractivity contribution < 1.29 is 14.3 Å². The largest absolute Gasteiger partial charge is 0.495 e. The topological polar surface area (TPSA) is 78.3 Å². The number of carbonyl (C=O) groups excluding carboxylic acids is 1. The lowest BCUT2D eigenvalue weighted by molar-refractivity contribution is -0.116. The van der Waals surface area contributed by atoms with Gasteiger partial charge in [-0.2, -0.15) is 10.1 Å². The van der Waals surface area contributed by atoms with E-state index >= 15 is 0 Å². The Kier molecular flexibility index (Phi) is 6.31. The fourth-order valence-corrected chi connectivity index (χ4v) is 4.06. The minimum absolute atomic E-state index is 0.104. The molecular formula is C26H28N4O3. The smallest absolute Gasteiger partial charge is 0.224 e. The van der Waals surface area contributed by atoms with Crippen LogP contribution in [0.2, 0.25) is 0 Å². The van der Waals surface area contributed by atoms with Crippen molar-refractivity contribution in [3.05, 3.63) is 70.9 Å². The maximum Gasteiger partial charge on any atom is 0.224 e. The fourth-order valence-electron chi connectivity index (χ4n) is 4.06. The summed E-state index contributed by atoms with van der Waals surface area (Å²) in [7, 11) is 3.19. The zero-order chi connectivity index (χ0) is 23.5. The highest BCUT2D eigenvalue weighted by Gasteiger charge is 2.20. The minimum atomic E-state index is -0.104. The van der Waals surface area contributed by atoms with E-state index in [2.05, 4.69) is 24.4 Å². The molecule has 0 bridgehead atoms. The second kappa shape index (κ2) is 9.32. The van der Waals surface area contributed by atoms with Crippen molar-refractivity contribution in [2.24, 2.45) is 0 Å². The zero-order valence-electron chi connectivity index (χ0n) is 19.6. The summed E-state index contributed by atoms with van der Waals surface area (Å²) in [6.45, 7) is 6.07. The van der Waals surface area contributed by atoms with E-state index in [4.69, 9.17) is 19.6 Å². The summed E-state index contributed by atoms with van der Waals surface area (Å²) in [5.74, 6) is 1.04.